The van der Waals surface area contributed by atoms with E-state index in [1.165, 1.54) is 24.2 Å². The molecular formula is C15H29N2O3+. The maximum absolute atomic E-state index is 12.4. The quantitative estimate of drug-likeness (QED) is 0.602. The Morgan fingerprint density at radius 3 is 2.60 bits per heavy atom. The average molecular weight is 285 g/mol. The standard InChI is InChI=1S/C15H28N2O3/c1-2-12-6-8-16(9-7-12)11-15(18)13-4-3-5-14(10-13)17(19)20/h12-14,17,19H,2-11H2,1H3/p+1. The van der Waals surface area contributed by atoms with E-state index in [9.17, 15) is 10.0 Å². The fraction of sp³-hybridized carbons (Fsp3) is 0.933. The molecule has 116 valence electrons. The molecule has 5 heteroatoms. The fourth-order valence-corrected chi connectivity index (χ4v) is 3.77. The first kappa shape index (κ1) is 15.9. The van der Waals surface area contributed by atoms with E-state index in [-0.39, 0.29) is 12.0 Å². The Bertz CT molecular complexity index is 314. The van der Waals surface area contributed by atoms with E-state index in [2.05, 4.69) is 6.92 Å². The summed E-state index contributed by atoms with van der Waals surface area (Å²) in [5.74, 6) is 1.15. The fourth-order valence-electron chi connectivity index (χ4n) is 3.77. The van der Waals surface area contributed by atoms with Crippen LogP contribution in [-0.2, 0) is 4.79 Å². The Balaban J connectivity index is 1.77. The molecule has 0 bridgehead atoms. The number of ketones is 1. The van der Waals surface area contributed by atoms with Gasteiger partial charge < -0.3 is 10.1 Å². The van der Waals surface area contributed by atoms with E-state index in [4.69, 9.17) is 5.21 Å². The molecule has 2 aliphatic rings. The summed E-state index contributed by atoms with van der Waals surface area (Å²) < 4.78 is 0. The maximum Gasteiger partial charge on any atom is 0.190 e. The van der Waals surface area contributed by atoms with Gasteiger partial charge >= 0.3 is 0 Å². The first-order valence-electron chi connectivity index (χ1n) is 8.19. The minimum atomic E-state index is -0.724. The summed E-state index contributed by atoms with van der Waals surface area (Å²) in [6.07, 6.45) is 6.83. The number of piperidine rings is 1. The largest absolute Gasteiger partial charge is 0.600 e. The molecule has 2 rings (SSSR count). The van der Waals surface area contributed by atoms with Crippen LogP contribution in [0.5, 0.6) is 0 Å². The summed E-state index contributed by atoms with van der Waals surface area (Å²) in [5, 5.41) is 19.4. The van der Waals surface area contributed by atoms with Crippen LogP contribution in [0, 0.1) is 17.0 Å². The van der Waals surface area contributed by atoms with Crippen molar-refractivity contribution in [2.45, 2.75) is 57.9 Å². The lowest BCUT2D eigenvalue weighted by Gasteiger charge is -2.33. The molecular weight excluding hydrogens is 256 g/mol. The van der Waals surface area contributed by atoms with Gasteiger partial charge in [-0.3, -0.25) is 4.79 Å². The molecule has 0 spiro atoms. The molecule has 0 amide bonds. The number of nitrogens with one attached hydrogen (secondary N) is 2. The lowest BCUT2D eigenvalue weighted by Crippen LogP contribution is -3.14. The van der Waals surface area contributed by atoms with Crippen molar-refractivity contribution < 1.29 is 20.1 Å². The van der Waals surface area contributed by atoms with Crippen LogP contribution < -0.4 is 10.1 Å². The van der Waals surface area contributed by atoms with Gasteiger partial charge in [-0.05, 0) is 31.6 Å². The Morgan fingerprint density at radius 2 is 2.00 bits per heavy atom. The normalized spacial score (nSPS) is 36.5. The van der Waals surface area contributed by atoms with Gasteiger partial charge in [0.25, 0.3) is 0 Å². The van der Waals surface area contributed by atoms with Gasteiger partial charge in [0.2, 0.25) is 0 Å². The summed E-state index contributed by atoms with van der Waals surface area (Å²) in [7, 11) is 0. The number of likely N-dealkylation sites (tertiary alicyclic amines) is 1. The third kappa shape index (κ3) is 4.25. The van der Waals surface area contributed by atoms with Gasteiger partial charge in [-0.25, -0.2) is 10.4 Å². The molecule has 3 unspecified atom stereocenters. The number of hydrogen-bond acceptors (Lipinski definition) is 3. The van der Waals surface area contributed by atoms with Gasteiger partial charge in [0.15, 0.2) is 5.78 Å². The van der Waals surface area contributed by atoms with Crippen molar-refractivity contribution in [1.82, 2.24) is 0 Å². The predicted molar refractivity (Wildman–Crippen MR) is 75.4 cm³/mol. The summed E-state index contributed by atoms with van der Waals surface area (Å²) in [4.78, 5) is 13.8. The maximum atomic E-state index is 12.4. The van der Waals surface area contributed by atoms with E-state index in [0.717, 1.165) is 38.3 Å². The third-order valence-electron chi connectivity index (χ3n) is 5.29. The summed E-state index contributed by atoms with van der Waals surface area (Å²) in [5.41, 5.74) is 0. The van der Waals surface area contributed by atoms with Crippen LogP contribution in [0.1, 0.15) is 51.9 Å². The zero-order chi connectivity index (χ0) is 14.5. The topological polar surface area (TPSA) is 69.2 Å². The zero-order valence-corrected chi connectivity index (χ0v) is 12.6. The lowest BCUT2D eigenvalue weighted by atomic mass is 9.83. The molecule has 3 N–H and O–H groups in total. The molecule has 1 aliphatic carbocycles. The van der Waals surface area contributed by atoms with Crippen molar-refractivity contribution in [1.29, 1.82) is 0 Å². The van der Waals surface area contributed by atoms with Gasteiger partial charge in [0.05, 0.1) is 13.1 Å². The van der Waals surface area contributed by atoms with Crippen LogP contribution in [0.4, 0.5) is 0 Å². The number of hydrogen-bond donors (Lipinski definition) is 3. The van der Waals surface area contributed by atoms with Crippen molar-refractivity contribution in [3.63, 3.8) is 0 Å². The highest BCUT2D eigenvalue weighted by molar-refractivity contribution is 5.82. The summed E-state index contributed by atoms with van der Waals surface area (Å²) in [6.45, 7) is 5.08. The molecule has 1 saturated heterocycles. The van der Waals surface area contributed by atoms with E-state index in [0.29, 0.717) is 18.7 Å². The van der Waals surface area contributed by atoms with Crippen LogP contribution in [0.2, 0.25) is 0 Å². The minimum Gasteiger partial charge on any atom is -0.600 e. The van der Waals surface area contributed by atoms with Crippen molar-refractivity contribution in [3.05, 3.63) is 5.21 Å². The summed E-state index contributed by atoms with van der Waals surface area (Å²) >= 11 is 0. The second-order valence-electron chi connectivity index (χ2n) is 6.64. The molecule has 0 aromatic carbocycles. The van der Waals surface area contributed by atoms with Gasteiger partial charge in [-0.15, -0.1) is 0 Å². The number of hydroxylamine groups is 2. The van der Waals surface area contributed by atoms with Gasteiger partial charge in [-0.1, -0.05) is 13.3 Å². The molecule has 3 atom stereocenters. The molecule has 20 heavy (non-hydrogen) atoms. The summed E-state index contributed by atoms with van der Waals surface area (Å²) in [6, 6.07) is -0.293. The number of quaternary nitrogens is 2. The highest BCUT2D eigenvalue weighted by Gasteiger charge is 2.33. The first-order chi connectivity index (χ1) is 9.60. The number of carbonyl (C=O) groups is 1. The second kappa shape index (κ2) is 7.50. The first-order valence-corrected chi connectivity index (χ1v) is 8.19. The van der Waals surface area contributed by atoms with Gasteiger partial charge in [0, 0.05) is 18.8 Å². The Kier molecular flexibility index (Phi) is 5.96. The number of carbonyl (C=O) groups excluding carboxylic acids is 1. The SMILES string of the molecule is CCC1CC[NH+](CC(=O)C2CCCC([NH+]([O-])O)C2)CC1. The van der Waals surface area contributed by atoms with Crippen LogP contribution in [-0.4, -0.2) is 36.7 Å². The van der Waals surface area contributed by atoms with Crippen molar-refractivity contribution in [3.8, 4) is 0 Å². The van der Waals surface area contributed by atoms with Crippen LogP contribution in [0.15, 0.2) is 0 Å². The van der Waals surface area contributed by atoms with Crippen LogP contribution >= 0.6 is 0 Å². The molecule has 1 saturated carbocycles. The smallest absolute Gasteiger partial charge is 0.190 e. The molecule has 0 radical (unpaired) electrons. The average Bonchev–Trinajstić information content (AvgIpc) is 2.48. The van der Waals surface area contributed by atoms with Crippen LogP contribution in [0.25, 0.3) is 0 Å². The van der Waals surface area contributed by atoms with Crippen molar-refractivity contribution >= 4 is 5.78 Å². The molecule has 0 aromatic heterocycles. The van der Waals surface area contributed by atoms with Crippen molar-refractivity contribution in [2.75, 3.05) is 19.6 Å². The molecule has 1 heterocycles. The van der Waals surface area contributed by atoms with E-state index >= 15 is 0 Å². The Labute approximate surface area is 121 Å². The minimum absolute atomic E-state index is 0.00116. The van der Waals surface area contributed by atoms with Crippen molar-refractivity contribution in [2.24, 2.45) is 11.8 Å². The molecule has 1 aliphatic heterocycles. The van der Waals surface area contributed by atoms with E-state index in [1.54, 1.807) is 0 Å². The molecule has 2 fully saturated rings. The number of Topliss-reactive ketones (excluding diaryl/α,β-unsaturated/α-hetero) is 1. The highest BCUT2D eigenvalue weighted by atomic mass is 16.8. The van der Waals surface area contributed by atoms with Gasteiger partial charge in [-0.2, -0.15) is 0 Å². The monoisotopic (exact) mass is 285 g/mol. The Hall–Kier alpha value is -0.490. The van der Waals surface area contributed by atoms with Crippen LogP contribution in [0.3, 0.4) is 0 Å². The van der Waals surface area contributed by atoms with E-state index < -0.39 is 5.23 Å². The molecule has 5 nitrogen and oxygen atoms in total. The second-order valence-corrected chi connectivity index (χ2v) is 6.64. The highest BCUT2D eigenvalue weighted by Crippen LogP contribution is 2.23. The zero-order valence-electron chi connectivity index (χ0n) is 12.6. The van der Waals surface area contributed by atoms with E-state index in [1.807, 2.05) is 0 Å². The lowest BCUT2D eigenvalue weighted by molar-refractivity contribution is -1.07. The van der Waals surface area contributed by atoms with Gasteiger partial charge in [0.1, 0.15) is 12.6 Å². The predicted octanol–water partition coefficient (Wildman–Crippen LogP) is -0.409. The molecule has 0 aromatic rings. The number of rotatable bonds is 5. The third-order valence-corrected chi connectivity index (χ3v) is 5.29. The Morgan fingerprint density at radius 1 is 1.30 bits per heavy atom.